The monoisotopic (exact) mass is 276 g/mol. The van der Waals surface area contributed by atoms with Crippen molar-refractivity contribution in [1.29, 1.82) is 0 Å². The number of nitrogens with zero attached hydrogens (tertiary/aromatic N) is 1. The van der Waals surface area contributed by atoms with Crippen molar-refractivity contribution >= 4 is 0 Å². The lowest BCUT2D eigenvalue weighted by Gasteiger charge is -2.44. The molecule has 1 aromatic rings. The predicted molar refractivity (Wildman–Crippen MR) is 84.2 cm³/mol. The van der Waals surface area contributed by atoms with Crippen LogP contribution in [0.3, 0.4) is 0 Å². The number of hydrogen-bond donors (Lipinski definition) is 1. The molecule has 1 heterocycles. The maximum atomic E-state index is 5.61. The first-order chi connectivity index (χ1) is 9.69. The number of para-hydroxylation sites is 1. The van der Waals surface area contributed by atoms with Gasteiger partial charge in [-0.1, -0.05) is 18.2 Å². The molecule has 2 rings (SSSR count). The Morgan fingerprint density at radius 3 is 2.75 bits per heavy atom. The molecular weight excluding hydrogens is 248 g/mol. The minimum absolute atomic E-state index is 0.451. The fraction of sp³-hybridized carbons (Fsp3) is 0.647. The summed E-state index contributed by atoms with van der Waals surface area (Å²) in [7, 11) is 3.82. The lowest BCUT2D eigenvalue weighted by atomic mass is 9.83. The Bertz CT molecular complexity index is 417. The summed E-state index contributed by atoms with van der Waals surface area (Å²) in [5.74, 6) is 1.67. The molecule has 3 nitrogen and oxygen atoms in total. The third kappa shape index (κ3) is 3.15. The van der Waals surface area contributed by atoms with Gasteiger partial charge in [0.25, 0.3) is 0 Å². The van der Waals surface area contributed by atoms with Crippen LogP contribution in [0.25, 0.3) is 0 Å². The molecule has 1 saturated heterocycles. The van der Waals surface area contributed by atoms with E-state index in [4.69, 9.17) is 4.74 Å². The number of ether oxygens (including phenoxy) is 1. The molecule has 0 saturated carbocycles. The normalized spacial score (nSPS) is 24.1. The highest BCUT2D eigenvalue weighted by molar-refractivity contribution is 5.36. The molecule has 1 aromatic carbocycles. The molecule has 2 atom stereocenters. The molecule has 0 aliphatic carbocycles. The standard InChI is InChI=1S/C17H28N2O/c1-13(2)19-11-7-8-14(12-18-3)17(19)15-9-5-6-10-16(15)20-4/h5-6,9-10,13-14,17-18H,7-8,11-12H2,1-4H3. The van der Waals surface area contributed by atoms with Crippen LogP contribution in [-0.2, 0) is 0 Å². The molecule has 1 aliphatic rings. The number of piperidine rings is 1. The van der Waals surface area contributed by atoms with E-state index in [0.717, 1.165) is 12.3 Å². The van der Waals surface area contributed by atoms with Gasteiger partial charge in [0.1, 0.15) is 5.75 Å². The Hall–Kier alpha value is -1.06. The summed E-state index contributed by atoms with van der Waals surface area (Å²) in [6.07, 6.45) is 2.57. The fourth-order valence-electron chi connectivity index (χ4n) is 3.50. The maximum absolute atomic E-state index is 5.61. The van der Waals surface area contributed by atoms with Crippen LogP contribution >= 0.6 is 0 Å². The second-order valence-electron chi connectivity index (χ2n) is 5.98. The van der Waals surface area contributed by atoms with Gasteiger partial charge in [0.05, 0.1) is 7.11 Å². The Labute approximate surface area is 123 Å². The highest BCUT2D eigenvalue weighted by Crippen LogP contribution is 2.40. The second kappa shape index (κ2) is 7.09. The van der Waals surface area contributed by atoms with Crippen molar-refractivity contribution in [2.24, 2.45) is 5.92 Å². The zero-order valence-corrected chi connectivity index (χ0v) is 13.2. The van der Waals surface area contributed by atoms with E-state index in [0.29, 0.717) is 18.0 Å². The molecule has 20 heavy (non-hydrogen) atoms. The van der Waals surface area contributed by atoms with E-state index >= 15 is 0 Å². The van der Waals surface area contributed by atoms with E-state index < -0.39 is 0 Å². The van der Waals surface area contributed by atoms with Crippen molar-refractivity contribution in [2.75, 3.05) is 27.2 Å². The molecule has 112 valence electrons. The lowest BCUT2D eigenvalue weighted by Crippen LogP contribution is -2.45. The van der Waals surface area contributed by atoms with E-state index in [-0.39, 0.29) is 0 Å². The van der Waals surface area contributed by atoms with Gasteiger partial charge in [-0.3, -0.25) is 4.90 Å². The number of hydrogen-bond acceptors (Lipinski definition) is 3. The summed E-state index contributed by atoms with van der Waals surface area (Å²) in [5.41, 5.74) is 1.34. The fourth-order valence-corrected chi connectivity index (χ4v) is 3.50. The van der Waals surface area contributed by atoms with Crippen LogP contribution in [0, 0.1) is 5.92 Å². The number of nitrogens with one attached hydrogen (secondary N) is 1. The quantitative estimate of drug-likeness (QED) is 0.894. The van der Waals surface area contributed by atoms with Gasteiger partial charge in [-0.15, -0.1) is 0 Å². The minimum Gasteiger partial charge on any atom is -0.496 e. The lowest BCUT2D eigenvalue weighted by molar-refractivity contribution is 0.0620. The molecule has 0 spiro atoms. The van der Waals surface area contributed by atoms with Crippen molar-refractivity contribution in [3.8, 4) is 5.75 Å². The summed E-state index contributed by atoms with van der Waals surface area (Å²) in [6.45, 7) is 6.83. The van der Waals surface area contributed by atoms with Crippen LogP contribution in [0.1, 0.15) is 38.3 Å². The average Bonchev–Trinajstić information content (AvgIpc) is 2.47. The minimum atomic E-state index is 0.451. The first kappa shape index (κ1) is 15.3. The largest absolute Gasteiger partial charge is 0.496 e. The van der Waals surface area contributed by atoms with Gasteiger partial charge in [0.15, 0.2) is 0 Å². The van der Waals surface area contributed by atoms with Crippen LogP contribution in [0.15, 0.2) is 24.3 Å². The van der Waals surface area contributed by atoms with Gasteiger partial charge in [-0.05, 0) is 58.8 Å². The van der Waals surface area contributed by atoms with Gasteiger partial charge in [0.2, 0.25) is 0 Å². The summed E-state index contributed by atoms with van der Waals surface area (Å²) in [6, 6.07) is 9.50. The third-order valence-corrected chi connectivity index (χ3v) is 4.38. The first-order valence-corrected chi connectivity index (χ1v) is 7.72. The summed E-state index contributed by atoms with van der Waals surface area (Å²) >= 11 is 0. The molecule has 3 heteroatoms. The molecule has 1 N–H and O–H groups in total. The number of rotatable bonds is 5. The van der Waals surface area contributed by atoms with Crippen molar-refractivity contribution in [2.45, 2.75) is 38.8 Å². The van der Waals surface area contributed by atoms with Gasteiger partial charge in [-0.2, -0.15) is 0 Å². The van der Waals surface area contributed by atoms with Crippen molar-refractivity contribution in [3.63, 3.8) is 0 Å². The Kier molecular flexibility index (Phi) is 5.44. The van der Waals surface area contributed by atoms with E-state index in [1.54, 1.807) is 7.11 Å². The molecule has 1 aliphatic heterocycles. The van der Waals surface area contributed by atoms with Crippen molar-refractivity contribution < 1.29 is 4.74 Å². The Morgan fingerprint density at radius 1 is 1.35 bits per heavy atom. The van der Waals surface area contributed by atoms with Crippen molar-refractivity contribution in [3.05, 3.63) is 29.8 Å². The highest BCUT2D eigenvalue weighted by atomic mass is 16.5. The second-order valence-corrected chi connectivity index (χ2v) is 5.98. The van der Waals surface area contributed by atoms with Gasteiger partial charge >= 0.3 is 0 Å². The van der Waals surface area contributed by atoms with E-state index in [2.05, 4.69) is 48.3 Å². The Morgan fingerprint density at radius 2 is 2.10 bits per heavy atom. The zero-order valence-electron chi connectivity index (χ0n) is 13.2. The summed E-state index contributed by atoms with van der Waals surface area (Å²) in [4.78, 5) is 2.63. The van der Waals surface area contributed by atoms with Gasteiger partial charge < -0.3 is 10.1 Å². The molecule has 0 radical (unpaired) electrons. The average molecular weight is 276 g/mol. The molecule has 0 bridgehead atoms. The van der Waals surface area contributed by atoms with Crippen LogP contribution in [0.5, 0.6) is 5.75 Å². The third-order valence-electron chi connectivity index (χ3n) is 4.38. The van der Waals surface area contributed by atoms with Crippen LogP contribution in [0.4, 0.5) is 0 Å². The Balaban J connectivity index is 2.38. The number of likely N-dealkylation sites (tertiary alicyclic amines) is 1. The topological polar surface area (TPSA) is 24.5 Å². The van der Waals surface area contributed by atoms with Crippen LogP contribution in [0.2, 0.25) is 0 Å². The molecular formula is C17H28N2O. The van der Waals surface area contributed by atoms with E-state index in [1.165, 1.54) is 24.9 Å². The van der Waals surface area contributed by atoms with E-state index in [9.17, 15) is 0 Å². The summed E-state index contributed by atoms with van der Waals surface area (Å²) < 4.78 is 5.61. The molecule has 1 fully saturated rings. The molecule has 2 unspecified atom stereocenters. The summed E-state index contributed by atoms with van der Waals surface area (Å²) in [5, 5.41) is 3.37. The van der Waals surface area contributed by atoms with E-state index in [1.807, 2.05) is 7.05 Å². The van der Waals surface area contributed by atoms with Crippen molar-refractivity contribution in [1.82, 2.24) is 10.2 Å². The van der Waals surface area contributed by atoms with Crippen LogP contribution in [-0.4, -0.2) is 38.2 Å². The van der Waals surface area contributed by atoms with Crippen LogP contribution < -0.4 is 10.1 Å². The zero-order chi connectivity index (χ0) is 14.5. The number of benzene rings is 1. The molecule has 0 aromatic heterocycles. The first-order valence-electron chi connectivity index (χ1n) is 7.72. The van der Waals surface area contributed by atoms with Gasteiger partial charge in [0, 0.05) is 17.6 Å². The number of methoxy groups -OCH3 is 1. The smallest absolute Gasteiger partial charge is 0.123 e. The molecule has 0 amide bonds. The highest BCUT2D eigenvalue weighted by Gasteiger charge is 2.34. The maximum Gasteiger partial charge on any atom is 0.123 e. The SMILES string of the molecule is CNCC1CCCN(C(C)C)C1c1ccccc1OC. The van der Waals surface area contributed by atoms with Gasteiger partial charge in [-0.25, -0.2) is 0 Å². The predicted octanol–water partition coefficient (Wildman–Crippen LogP) is 3.08.